The minimum Gasteiger partial charge on any atom is -0.496 e. The molecule has 0 radical (unpaired) electrons. The zero-order chi connectivity index (χ0) is 25.2. The second kappa shape index (κ2) is 10.6. The number of imidazole rings is 1. The molecular formula is C26H32F2N4O4. The first-order chi connectivity index (χ1) is 17.4. The Kier molecular flexibility index (Phi) is 7.27. The fraction of sp³-hybridized carbons (Fsp3) is 0.500. The van der Waals surface area contributed by atoms with Gasteiger partial charge in [-0.2, -0.15) is 8.78 Å². The highest BCUT2D eigenvalue weighted by Crippen LogP contribution is 2.41. The lowest BCUT2D eigenvalue weighted by Crippen LogP contribution is -2.42. The molecule has 5 rings (SSSR count). The van der Waals surface area contributed by atoms with Crippen molar-refractivity contribution < 1.29 is 28.1 Å². The van der Waals surface area contributed by atoms with Crippen LogP contribution in [0.15, 0.2) is 36.7 Å². The molecule has 1 saturated heterocycles. The fourth-order valence-corrected chi connectivity index (χ4v) is 4.77. The maximum atomic E-state index is 13.3. The van der Waals surface area contributed by atoms with Crippen LogP contribution < -0.4 is 24.8 Å². The zero-order valence-electron chi connectivity index (χ0n) is 20.4. The van der Waals surface area contributed by atoms with Crippen LogP contribution in [0.25, 0.3) is 16.9 Å². The van der Waals surface area contributed by atoms with Gasteiger partial charge < -0.3 is 30.0 Å². The van der Waals surface area contributed by atoms with Crippen LogP contribution in [0.1, 0.15) is 37.8 Å². The highest BCUT2D eigenvalue weighted by atomic mass is 19.3. The van der Waals surface area contributed by atoms with E-state index < -0.39 is 6.61 Å². The van der Waals surface area contributed by atoms with Crippen molar-refractivity contribution in [2.24, 2.45) is 5.92 Å². The molecule has 8 nitrogen and oxygen atoms in total. The van der Waals surface area contributed by atoms with E-state index in [0.29, 0.717) is 59.6 Å². The number of benzene rings is 1. The van der Waals surface area contributed by atoms with Gasteiger partial charge in [0.25, 0.3) is 0 Å². The maximum absolute atomic E-state index is 13.3. The van der Waals surface area contributed by atoms with Gasteiger partial charge in [-0.15, -0.1) is 0 Å². The minimum absolute atomic E-state index is 0.0290. The van der Waals surface area contributed by atoms with Crippen molar-refractivity contribution >= 4 is 5.65 Å². The Morgan fingerprint density at radius 3 is 2.75 bits per heavy atom. The summed E-state index contributed by atoms with van der Waals surface area (Å²) in [4.78, 5) is 4.50. The normalized spacial score (nSPS) is 21.1. The van der Waals surface area contributed by atoms with Crippen molar-refractivity contribution in [3.05, 3.63) is 42.2 Å². The first-order valence-corrected chi connectivity index (χ1v) is 12.3. The molecule has 36 heavy (non-hydrogen) atoms. The summed E-state index contributed by atoms with van der Waals surface area (Å²) in [6, 6.07) is 7.25. The Morgan fingerprint density at radius 2 is 2.03 bits per heavy atom. The monoisotopic (exact) mass is 502 g/mol. The number of hydrogen-bond donors (Lipinski definition) is 3. The Hall–Kier alpha value is -2.95. The van der Waals surface area contributed by atoms with Crippen molar-refractivity contribution in [3.63, 3.8) is 0 Å². The lowest BCUT2D eigenvalue weighted by molar-refractivity contribution is -0.0507. The second-order valence-corrected chi connectivity index (χ2v) is 9.50. The Bertz CT molecular complexity index is 1200. The molecule has 1 unspecified atom stereocenters. The second-order valence-electron chi connectivity index (χ2n) is 9.50. The molecule has 3 N–H and O–H groups in total. The molecule has 0 amide bonds. The first kappa shape index (κ1) is 24.7. The van der Waals surface area contributed by atoms with Gasteiger partial charge >= 0.3 is 6.61 Å². The number of aliphatic hydroxyl groups excluding tert-OH is 1. The molecule has 1 saturated carbocycles. The largest absolute Gasteiger partial charge is 0.496 e. The van der Waals surface area contributed by atoms with E-state index in [0.717, 1.165) is 19.4 Å². The molecule has 2 aromatic heterocycles. The van der Waals surface area contributed by atoms with Crippen LogP contribution in [0.2, 0.25) is 0 Å². The maximum Gasteiger partial charge on any atom is 0.387 e. The van der Waals surface area contributed by atoms with E-state index in [1.807, 2.05) is 35.7 Å². The number of rotatable bonds is 10. The first-order valence-electron chi connectivity index (χ1n) is 12.3. The molecular weight excluding hydrogens is 470 g/mol. The van der Waals surface area contributed by atoms with E-state index in [-0.39, 0.29) is 23.8 Å². The van der Waals surface area contributed by atoms with Crippen LogP contribution >= 0.6 is 0 Å². The quantitative estimate of drug-likeness (QED) is 0.389. The smallest absolute Gasteiger partial charge is 0.387 e. The van der Waals surface area contributed by atoms with Gasteiger partial charge in [-0.3, -0.25) is 4.40 Å². The summed E-state index contributed by atoms with van der Waals surface area (Å²) < 4.78 is 45.0. The number of ether oxygens (including phenoxy) is 3. The van der Waals surface area contributed by atoms with Crippen molar-refractivity contribution in [2.45, 2.75) is 51.0 Å². The predicted octanol–water partition coefficient (Wildman–Crippen LogP) is 3.77. The van der Waals surface area contributed by atoms with Crippen molar-refractivity contribution in [3.8, 4) is 28.5 Å². The predicted molar refractivity (Wildman–Crippen MR) is 131 cm³/mol. The highest BCUT2D eigenvalue weighted by molar-refractivity contribution is 5.70. The van der Waals surface area contributed by atoms with Gasteiger partial charge in [-0.05, 0) is 50.9 Å². The number of aliphatic hydroxyl groups is 1. The average molecular weight is 503 g/mol. The standard InChI is InChI=1S/C26H32F2N4O4/c1-15(31-18-3-4-18)25-22(34-2)9-16(10-23(25)36-26(27)28)20-13-30-24-11-19(6-8-32(20)24)35-14-17-12-29-7-5-21(17)33/h6,8-11,13,15,17-18,21,26,29,31,33H,3-5,7,12,14H2,1-2H3/t15?,17-,21+/m1/s1. The van der Waals surface area contributed by atoms with Crippen LogP contribution in [-0.4, -0.2) is 60.1 Å². The van der Waals surface area contributed by atoms with E-state index in [4.69, 9.17) is 14.2 Å². The summed E-state index contributed by atoms with van der Waals surface area (Å²) in [5.74, 6) is 1.22. The number of piperidine rings is 1. The Labute approximate surface area is 208 Å². The van der Waals surface area contributed by atoms with Gasteiger partial charge in [-0.25, -0.2) is 4.98 Å². The molecule has 1 aliphatic carbocycles. The summed E-state index contributed by atoms with van der Waals surface area (Å²) in [6.45, 7) is 0.889. The number of fused-ring (bicyclic) bond motifs is 1. The average Bonchev–Trinajstić information content (AvgIpc) is 3.57. The molecule has 3 heterocycles. The summed E-state index contributed by atoms with van der Waals surface area (Å²) >= 11 is 0. The molecule has 2 aliphatic rings. The van der Waals surface area contributed by atoms with Crippen LogP contribution in [0.5, 0.6) is 17.2 Å². The third kappa shape index (κ3) is 5.40. The van der Waals surface area contributed by atoms with Gasteiger partial charge in [-0.1, -0.05) is 0 Å². The van der Waals surface area contributed by atoms with Crippen molar-refractivity contribution in [1.82, 2.24) is 20.0 Å². The fourth-order valence-electron chi connectivity index (χ4n) is 4.77. The molecule has 0 spiro atoms. The van der Waals surface area contributed by atoms with Gasteiger partial charge in [0.15, 0.2) is 0 Å². The number of alkyl halides is 2. The molecule has 2 fully saturated rings. The molecule has 3 atom stereocenters. The van der Waals surface area contributed by atoms with Crippen molar-refractivity contribution in [1.29, 1.82) is 0 Å². The summed E-state index contributed by atoms with van der Waals surface area (Å²) in [6.07, 6.45) is 5.99. The Morgan fingerprint density at radius 1 is 1.22 bits per heavy atom. The van der Waals surface area contributed by atoms with E-state index in [2.05, 4.69) is 15.6 Å². The zero-order valence-corrected chi connectivity index (χ0v) is 20.4. The number of hydrogen-bond acceptors (Lipinski definition) is 7. The van der Waals surface area contributed by atoms with Gasteiger partial charge in [0.1, 0.15) is 22.9 Å². The van der Waals surface area contributed by atoms with Crippen LogP contribution in [0.4, 0.5) is 8.78 Å². The highest BCUT2D eigenvalue weighted by Gasteiger charge is 2.28. The number of aromatic nitrogens is 2. The third-order valence-corrected chi connectivity index (χ3v) is 6.85. The van der Waals surface area contributed by atoms with Gasteiger partial charge in [0.2, 0.25) is 0 Å². The number of halogens is 2. The topological polar surface area (TPSA) is 89.3 Å². The van der Waals surface area contributed by atoms with E-state index in [9.17, 15) is 13.9 Å². The van der Waals surface area contributed by atoms with Crippen LogP contribution in [0.3, 0.4) is 0 Å². The SMILES string of the molecule is COc1cc(-c2cnc3cc(OC[C@H]4CNCC[C@@H]4O)ccn23)cc(OC(F)F)c1C(C)NC1CC1. The molecule has 0 bridgehead atoms. The molecule has 1 aromatic carbocycles. The van der Waals surface area contributed by atoms with Crippen LogP contribution in [-0.2, 0) is 0 Å². The van der Waals surface area contributed by atoms with E-state index in [1.54, 1.807) is 12.3 Å². The van der Waals surface area contributed by atoms with Gasteiger partial charge in [0, 0.05) is 42.4 Å². The summed E-state index contributed by atoms with van der Waals surface area (Å²) in [5.41, 5.74) is 2.56. The van der Waals surface area contributed by atoms with Crippen molar-refractivity contribution in [2.75, 3.05) is 26.8 Å². The lowest BCUT2D eigenvalue weighted by atomic mass is 9.97. The number of pyridine rings is 1. The summed E-state index contributed by atoms with van der Waals surface area (Å²) in [7, 11) is 1.52. The van der Waals surface area contributed by atoms with Crippen LogP contribution in [0, 0.1) is 5.92 Å². The number of nitrogens with zero attached hydrogens (tertiary/aromatic N) is 2. The molecule has 1 aliphatic heterocycles. The Balaban J connectivity index is 1.43. The third-order valence-electron chi connectivity index (χ3n) is 6.85. The van der Waals surface area contributed by atoms with E-state index >= 15 is 0 Å². The minimum atomic E-state index is -2.96. The number of methoxy groups -OCH3 is 1. The number of nitrogens with one attached hydrogen (secondary N) is 2. The summed E-state index contributed by atoms with van der Waals surface area (Å²) in [5, 5.41) is 16.9. The van der Waals surface area contributed by atoms with E-state index in [1.165, 1.54) is 7.11 Å². The lowest BCUT2D eigenvalue weighted by Gasteiger charge is -2.28. The van der Waals surface area contributed by atoms with Gasteiger partial charge in [0.05, 0.1) is 37.3 Å². The molecule has 3 aromatic rings. The molecule has 10 heteroatoms. The molecule has 194 valence electrons.